The molecule has 118 valence electrons. The van der Waals surface area contributed by atoms with E-state index in [1.165, 1.54) is 7.05 Å². The molecule has 22 heavy (non-hydrogen) atoms. The van der Waals surface area contributed by atoms with Crippen molar-refractivity contribution in [1.82, 2.24) is 5.32 Å². The van der Waals surface area contributed by atoms with E-state index in [1.807, 2.05) is 6.07 Å². The quantitative estimate of drug-likeness (QED) is 0.837. The summed E-state index contributed by atoms with van der Waals surface area (Å²) in [5.41, 5.74) is -0.210. The molecule has 0 radical (unpaired) electrons. The zero-order chi connectivity index (χ0) is 16.1. The highest BCUT2D eigenvalue weighted by Gasteiger charge is 2.69. The summed E-state index contributed by atoms with van der Waals surface area (Å²) >= 11 is 12.2. The fourth-order valence-electron chi connectivity index (χ4n) is 2.65. The molecular weight excluding hydrogens is 327 g/mol. The Morgan fingerprint density at radius 3 is 2.59 bits per heavy atom. The van der Waals surface area contributed by atoms with E-state index < -0.39 is 15.9 Å². The van der Waals surface area contributed by atoms with Gasteiger partial charge in [-0.25, -0.2) is 0 Å². The van der Waals surface area contributed by atoms with Gasteiger partial charge in [-0.05, 0) is 25.5 Å². The number of nitrogens with zero attached hydrogens (tertiary/aromatic N) is 1. The van der Waals surface area contributed by atoms with Crippen molar-refractivity contribution in [3.8, 4) is 5.75 Å². The van der Waals surface area contributed by atoms with Crippen LogP contribution in [0.3, 0.4) is 0 Å². The Balaban J connectivity index is 1.96. The van der Waals surface area contributed by atoms with E-state index in [9.17, 15) is 9.59 Å². The maximum atomic E-state index is 12.9. The average Bonchev–Trinajstić information content (AvgIpc) is 3.04. The number of nitrogens with one attached hydrogen (secondary N) is 1. The second-order valence-corrected chi connectivity index (χ2v) is 7.30. The minimum absolute atomic E-state index is 0.134. The molecule has 0 aromatic heterocycles. The highest BCUT2D eigenvalue weighted by atomic mass is 35.5. The number of para-hydroxylation sites is 2. The monoisotopic (exact) mass is 342 g/mol. The van der Waals surface area contributed by atoms with Gasteiger partial charge in [0, 0.05) is 7.05 Å². The Bertz CT molecular complexity index is 649. The molecule has 5 nitrogen and oxygen atoms in total. The van der Waals surface area contributed by atoms with Crippen LogP contribution in [0.4, 0.5) is 5.69 Å². The molecule has 0 saturated heterocycles. The number of likely N-dealkylation sites (N-methyl/N-ethyl adjacent to an activating group) is 1. The summed E-state index contributed by atoms with van der Waals surface area (Å²) < 4.78 is 4.62. The first-order valence-electron chi connectivity index (χ1n) is 6.97. The van der Waals surface area contributed by atoms with Gasteiger partial charge < -0.3 is 15.0 Å². The molecule has 1 aromatic rings. The number of halogens is 2. The van der Waals surface area contributed by atoms with Crippen molar-refractivity contribution in [2.24, 2.45) is 5.41 Å². The summed E-state index contributed by atoms with van der Waals surface area (Å²) in [7, 11) is 1.53. The number of rotatable bonds is 2. The molecule has 1 heterocycles. The molecule has 1 fully saturated rings. The highest BCUT2D eigenvalue weighted by Crippen LogP contribution is 2.64. The number of benzene rings is 1. The van der Waals surface area contributed by atoms with Crippen LogP contribution in [-0.4, -0.2) is 35.8 Å². The number of ether oxygens (including phenoxy) is 1. The van der Waals surface area contributed by atoms with Gasteiger partial charge in [-0.15, -0.1) is 23.2 Å². The van der Waals surface area contributed by atoms with E-state index in [-0.39, 0.29) is 18.4 Å². The average molecular weight is 343 g/mol. The summed E-state index contributed by atoms with van der Waals surface area (Å²) in [4.78, 5) is 26.3. The third-order valence-corrected chi connectivity index (χ3v) is 5.39. The van der Waals surface area contributed by atoms with Crippen molar-refractivity contribution in [3.05, 3.63) is 24.3 Å². The van der Waals surface area contributed by atoms with E-state index in [4.69, 9.17) is 27.9 Å². The summed E-state index contributed by atoms with van der Waals surface area (Å²) in [5, 5.41) is 2.54. The van der Waals surface area contributed by atoms with Crippen LogP contribution in [0.1, 0.15) is 13.3 Å². The van der Waals surface area contributed by atoms with Gasteiger partial charge in [0.15, 0.2) is 6.10 Å². The van der Waals surface area contributed by atoms with Gasteiger partial charge in [0.25, 0.3) is 5.91 Å². The Kier molecular flexibility index (Phi) is 3.53. The number of anilines is 1. The summed E-state index contributed by atoms with van der Waals surface area (Å²) in [5.74, 6) is 0.0214. The van der Waals surface area contributed by atoms with Crippen LogP contribution in [0.25, 0.3) is 0 Å². The Hall–Kier alpha value is -1.46. The van der Waals surface area contributed by atoms with E-state index in [0.717, 1.165) is 0 Å². The second-order valence-electron chi connectivity index (χ2n) is 5.82. The SMILES string of the molecule is CNC(=O)[C@H]1CN(C(=O)[C@@]2(C)CC2(Cl)Cl)c2ccccc2O1. The lowest BCUT2D eigenvalue weighted by atomic mass is 10.1. The topological polar surface area (TPSA) is 58.6 Å². The maximum absolute atomic E-state index is 12.9. The van der Waals surface area contributed by atoms with Crippen molar-refractivity contribution >= 4 is 40.7 Å². The molecule has 0 spiro atoms. The summed E-state index contributed by atoms with van der Waals surface area (Å²) in [6.07, 6.45) is -0.363. The maximum Gasteiger partial charge on any atom is 0.262 e. The van der Waals surface area contributed by atoms with Crippen molar-refractivity contribution in [3.63, 3.8) is 0 Å². The van der Waals surface area contributed by atoms with Crippen LogP contribution < -0.4 is 15.0 Å². The summed E-state index contributed by atoms with van der Waals surface area (Å²) in [6.45, 7) is 1.87. The number of alkyl halides is 2. The fraction of sp³-hybridized carbons (Fsp3) is 0.467. The van der Waals surface area contributed by atoms with E-state index >= 15 is 0 Å². The fourth-order valence-corrected chi connectivity index (χ4v) is 3.35. The molecule has 7 heteroatoms. The Morgan fingerprint density at radius 1 is 1.36 bits per heavy atom. The number of hydrogen-bond donors (Lipinski definition) is 1. The zero-order valence-electron chi connectivity index (χ0n) is 12.2. The van der Waals surface area contributed by atoms with Crippen molar-refractivity contribution < 1.29 is 14.3 Å². The van der Waals surface area contributed by atoms with Crippen molar-refractivity contribution in [2.75, 3.05) is 18.5 Å². The Labute approximate surface area is 138 Å². The predicted molar refractivity (Wildman–Crippen MR) is 84.4 cm³/mol. The van der Waals surface area contributed by atoms with Crippen LogP contribution in [0, 0.1) is 5.41 Å². The number of carbonyl (C=O) groups is 2. The first-order chi connectivity index (χ1) is 10.3. The predicted octanol–water partition coefficient (Wildman–Crippen LogP) is 2.11. The molecular formula is C15H16Cl2N2O3. The number of carbonyl (C=O) groups excluding carboxylic acids is 2. The third kappa shape index (κ3) is 2.23. The lowest BCUT2D eigenvalue weighted by Gasteiger charge is -2.35. The van der Waals surface area contributed by atoms with Crippen LogP contribution >= 0.6 is 23.2 Å². The lowest BCUT2D eigenvalue weighted by Crippen LogP contribution is -2.52. The lowest BCUT2D eigenvalue weighted by molar-refractivity contribution is -0.128. The van der Waals surface area contributed by atoms with Gasteiger partial charge in [-0.2, -0.15) is 0 Å². The van der Waals surface area contributed by atoms with Crippen molar-refractivity contribution in [2.45, 2.75) is 23.8 Å². The van der Waals surface area contributed by atoms with Gasteiger partial charge in [0.2, 0.25) is 5.91 Å². The standard InChI is InChI=1S/C15H16Cl2N2O3/c1-14(8-15(14,16)17)13(21)19-7-11(12(20)18-2)22-10-6-4-3-5-9(10)19/h3-6,11H,7-8H2,1-2H3,(H,18,20)/t11-,14-/m1/s1. The molecule has 3 rings (SSSR count). The highest BCUT2D eigenvalue weighted by molar-refractivity contribution is 6.53. The van der Waals surface area contributed by atoms with Gasteiger partial charge in [0.1, 0.15) is 10.1 Å². The molecule has 0 unspecified atom stereocenters. The molecule has 1 aliphatic carbocycles. The normalized spacial score (nSPS) is 28.4. The van der Waals surface area contributed by atoms with Crippen molar-refractivity contribution in [1.29, 1.82) is 0 Å². The number of fused-ring (bicyclic) bond motifs is 1. The molecule has 1 saturated carbocycles. The van der Waals surface area contributed by atoms with Crippen LogP contribution in [0.5, 0.6) is 5.75 Å². The second kappa shape index (κ2) is 5.03. The molecule has 2 amide bonds. The van der Waals surface area contributed by atoms with Crippen LogP contribution in [-0.2, 0) is 9.59 Å². The zero-order valence-corrected chi connectivity index (χ0v) is 13.7. The Morgan fingerprint density at radius 2 is 2.00 bits per heavy atom. The van der Waals surface area contributed by atoms with E-state index in [2.05, 4.69) is 5.32 Å². The molecule has 1 aliphatic heterocycles. The molecule has 2 aliphatic rings. The molecule has 1 aromatic carbocycles. The third-order valence-electron chi connectivity index (χ3n) is 4.29. The molecule has 2 atom stereocenters. The number of hydrogen-bond acceptors (Lipinski definition) is 3. The minimum Gasteiger partial charge on any atom is -0.477 e. The molecule has 0 bridgehead atoms. The van der Waals surface area contributed by atoms with Crippen LogP contribution in [0.2, 0.25) is 0 Å². The largest absolute Gasteiger partial charge is 0.477 e. The first kappa shape index (κ1) is 15.4. The van der Waals surface area contributed by atoms with Gasteiger partial charge in [-0.1, -0.05) is 12.1 Å². The summed E-state index contributed by atoms with van der Waals surface area (Å²) in [6, 6.07) is 7.12. The van der Waals surface area contributed by atoms with Gasteiger partial charge >= 0.3 is 0 Å². The number of amides is 2. The first-order valence-corrected chi connectivity index (χ1v) is 7.73. The van der Waals surface area contributed by atoms with E-state index in [0.29, 0.717) is 17.9 Å². The van der Waals surface area contributed by atoms with Gasteiger partial charge in [-0.3, -0.25) is 9.59 Å². The minimum atomic E-state index is -1.06. The van der Waals surface area contributed by atoms with Crippen LogP contribution in [0.15, 0.2) is 24.3 Å². The van der Waals surface area contributed by atoms with Gasteiger partial charge in [0.05, 0.1) is 17.6 Å². The van der Waals surface area contributed by atoms with E-state index in [1.54, 1.807) is 30.0 Å². The smallest absolute Gasteiger partial charge is 0.262 e. The molecule has 1 N–H and O–H groups in total.